The summed E-state index contributed by atoms with van der Waals surface area (Å²) < 4.78 is 0. The van der Waals surface area contributed by atoms with E-state index in [1.54, 1.807) is 0 Å². The molecule has 0 spiro atoms. The Morgan fingerprint density at radius 1 is 1.18 bits per heavy atom. The summed E-state index contributed by atoms with van der Waals surface area (Å²) in [5.74, 6) is 0. The molecule has 1 aliphatic carbocycles. The molecule has 2 rings (SSSR count). The van der Waals surface area contributed by atoms with Crippen molar-refractivity contribution >= 4 is 6.21 Å². The van der Waals surface area contributed by atoms with Crippen molar-refractivity contribution in [2.45, 2.75) is 6.42 Å². The molecule has 0 N–H and O–H groups in total. The maximum Gasteiger partial charge on any atom is 0.0695 e. The molecule has 0 aromatic heterocycles. The van der Waals surface area contributed by atoms with E-state index in [4.69, 9.17) is 0 Å². The van der Waals surface area contributed by atoms with Gasteiger partial charge >= 0.3 is 0 Å². The lowest BCUT2D eigenvalue weighted by Crippen LogP contribution is -1.90. The summed E-state index contributed by atoms with van der Waals surface area (Å²) in [5.41, 5.74) is 2.30. The molecule has 0 aromatic rings. The molecule has 0 saturated carbocycles. The average Bonchev–Trinajstić information content (AvgIpc) is 2.28. The third-order valence-corrected chi connectivity index (χ3v) is 1.72. The Morgan fingerprint density at radius 3 is 3.18 bits per heavy atom. The number of hydrogen-bond acceptors (Lipinski definition) is 1. The van der Waals surface area contributed by atoms with Crippen LogP contribution in [-0.4, -0.2) is 6.21 Å². The molecule has 0 fully saturated rings. The van der Waals surface area contributed by atoms with Crippen molar-refractivity contribution < 1.29 is 0 Å². The number of fused-ring (bicyclic) bond motifs is 1. The van der Waals surface area contributed by atoms with Gasteiger partial charge in [0, 0.05) is 12.6 Å². The predicted octanol–water partition coefficient (Wildman–Crippen LogP) is 2.40. The first kappa shape index (κ1) is 6.35. The number of nitrogens with zero attached hydrogens (tertiary/aromatic N) is 1. The molecule has 0 amide bonds. The van der Waals surface area contributed by atoms with E-state index in [1.165, 1.54) is 5.57 Å². The SMILES string of the molecule is C1=CC=C2N=CCC=C2C=C1. The zero-order chi connectivity index (χ0) is 7.52. The molecule has 2 aliphatic rings. The second-order valence-electron chi connectivity index (χ2n) is 2.50. The van der Waals surface area contributed by atoms with E-state index in [0.29, 0.717) is 0 Å². The largest absolute Gasteiger partial charge is 0.260 e. The highest BCUT2D eigenvalue weighted by Gasteiger charge is 2.02. The monoisotopic (exact) mass is 143 g/mol. The Morgan fingerprint density at radius 2 is 2.18 bits per heavy atom. The lowest BCUT2D eigenvalue weighted by Gasteiger charge is -2.04. The summed E-state index contributed by atoms with van der Waals surface area (Å²) in [6.45, 7) is 0. The molecule has 0 radical (unpaired) electrons. The fourth-order valence-corrected chi connectivity index (χ4v) is 1.17. The Bertz CT molecular complexity index is 301. The maximum atomic E-state index is 4.28. The van der Waals surface area contributed by atoms with Crippen molar-refractivity contribution in [1.82, 2.24) is 0 Å². The van der Waals surface area contributed by atoms with Gasteiger partial charge in [-0.3, -0.25) is 4.99 Å². The van der Waals surface area contributed by atoms with E-state index in [1.807, 2.05) is 30.5 Å². The van der Waals surface area contributed by atoms with Crippen LogP contribution >= 0.6 is 0 Å². The topological polar surface area (TPSA) is 12.4 Å². The molecule has 11 heavy (non-hydrogen) atoms. The number of rotatable bonds is 0. The van der Waals surface area contributed by atoms with Crippen LogP contribution in [0.15, 0.2) is 52.7 Å². The average molecular weight is 143 g/mol. The van der Waals surface area contributed by atoms with Gasteiger partial charge in [-0.25, -0.2) is 0 Å². The highest BCUT2D eigenvalue weighted by Crippen LogP contribution is 2.19. The minimum atomic E-state index is 0.955. The van der Waals surface area contributed by atoms with Crippen LogP contribution in [-0.2, 0) is 0 Å². The van der Waals surface area contributed by atoms with E-state index < -0.39 is 0 Å². The Hall–Kier alpha value is -1.37. The molecule has 0 bridgehead atoms. The van der Waals surface area contributed by atoms with E-state index in [-0.39, 0.29) is 0 Å². The zero-order valence-corrected chi connectivity index (χ0v) is 6.20. The van der Waals surface area contributed by atoms with E-state index in [9.17, 15) is 0 Å². The Balaban J connectivity index is 2.44. The van der Waals surface area contributed by atoms with Crippen LogP contribution in [0.1, 0.15) is 6.42 Å². The van der Waals surface area contributed by atoms with Crippen molar-refractivity contribution in [2.75, 3.05) is 0 Å². The maximum absolute atomic E-state index is 4.28. The van der Waals surface area contributed by atoms with Gasteiger partial charge in [-0.05, 0) is 11.6 Å². The third kappa shape index (κ3) is 1.22. The van der Waals surface area contributed by atoms with Crippen LogP contribution < -0.4 is 0 Å². The highest BCUT2D eigenvalue weighted by molar-refractivity contribution is 5.67. The van der Waals surface area contributed by atoms with Crippen LogP contribution in [0.5, 0.6) is 0 Å². The van der Waals surface area contributed by atoms with Crippen LogP contribution in [0.2, 0.25) is 0 Å². The van der Waals surface area contributed by atoms with Crippen molar-refractivity contribution in [3.8, 4) is 0 Å². The lowest BCUT2D eigenvalue weighted by molar-refractivity contribution is 1.26. The molecule has 0 aromatic carbocycles. The second-order valence-corrected chi connectivity index (χ2v) is 2.50. The quantitative estimate of drug-likeness (QED) is 0.493. The van der Waals surface area contributed by atoms with Gasteiger partial charge in [-0.15, -0.1) is 0 Å². The van der Waals surface area contributed by atoms with E-state index in [0.717, 1.165) is 12.1 Å². The van der Waals surface area contributed by atoms with Gasteiger partial charge in [0.2, 0.25) is 0 Å². The van der Waals surface area contributed by atoms with Crippen molar-refractivity contribution in [2.24, 2.45) is 4.99 Å². The first-order chi connectivity index (χ1) is 5.47. The lowest BCUT2D eigenvalue weighted by atomic mass is 10.1. The second kappa shape index (κ2) is 2.70. The summed E-state index contributed by atoms with van der Waals surface area (Å²) in [7, 11) is 0. The minimum Gasteiger partial charge on any atom is -0.260 e. The summed E-state index contributed by atoms with van der Waals surface area (Å²) >= 11 is 0. The van der Waals surface area contributed by atoms with Crippen molar-refractivity contribution in [3.05, 3.63) is 47.7 Å². The molecule has 1 nitrogen and oxygen atoms in total. The summed E-state index contributed by atoms with van der Waals surface area (Å²) in [5, 5.41) is 0. The first-order valence-corrected chi connectivity index (χ1v) is 3.75. The zero-order valence-electron chi connectivity index (χ0n) is 6.20. The van der Waals surface area contributed by atoms with Crippen LogP contribution in [0.3, 0.4) is 0 Å². The number of hydrogen-bond donors (Lipinski definition) is 0. The van der Waals surface area contributed by atoms with Gasteiger partial charge in [-0.2, -0.15) is 0 Å². The van der Waals surface area contributed by atoms with Crippen molar-refractivity contribution in [3.63, 3.8) is 0 Å². The number of dihydropyridines is 1. The Kier molecular flexibility index (Phi) is 1.56. The van der Waals surface area contributed by atoms with Gasteiger partial charge in [0.05, 0.1) is 5.70 Å². The minimum absolute atomic E-state index is 0.955. The smallest absolute Gasteiger partial charge is 0.0695 e. The summed E-state index contributed by atoms with van der Waals surface area (Å²) in [4.78, 5) is 4.28. The van der Waals surface area contributed by atoms with Gasteiger partial charge in [0.25, 0.3) is 0 Å². The highest BCUT2D eigenvalue weighted by atomic mass is 14.7. The van der Waals surface area contributed by atoms with Gasteiger partial charge < -0.3 is 0 Å². The standard InChI is InChI=1S/C10H9N/c1-2-5-9-6-4-8-11-10(9)7-3-1/h1-3,5-8H,4H2. The fourth-order valence-electron chi connectivity index (χ4n) is 1.17. The van der Waals surface area contributed by atoms with Gasteiger partial charge in [-0.1, -0.05) is 30.4 Å². The van der Waals surface area contributed by atoms with Gasteiger partial charge in [0.1, 0.15) is 0 Å². The van der Waals surface area contributed by atoms with Crippen LogP contribution in [0.25, 0.3) is 0 Å². The van der Waals surface area contributed by atoms with Crippen LogP contribution in [0, 0.1) is 0 Å². The molecule has 0 atom stereocenters. The van der Waals surface area contributed by atoms with Crippen LogP contribution in [0.4, 0.5) is 0 Å². The first-order valence-electron chi connectivity index (χ1n) is 3.75. The number of aliphatic imine (C=N–C) groups is 1. The molecular formula is C10H9N. The molecule has 1 aliphatic heterocycles. The summed E-state index contributed by atoms with van der Waals surface area (Å²) in [6, 6.07) is 0. The molecular weight excluding hydrogens is 134 g/mol. The third-order valence-electron chi connectivity index (χ3n) is 1.72. The Labute approximate surface area is 66.1 Å². The molecule has 0 saturated heterocycles. The summed E-state index contributed by atoms with van der Waals surface area (Å²) in [6.07, 6.45) is 15.3. The molecule has 1 heterocycles. The molecule has 1 heteroatoms. The molecule has 54 valence electrons. The predicted molar refractivity (Wildman–Crippen MR) is 47.6 cm³/mol. The molecule has 0 unspecified atom stereocenters. The fraction of sp³-hybridized carbons (Fsp3) is 0.100. The van der Waals surface area contributed by atoms with E-state index in [2.05, 4.69) is 17.1 Å². The van der Waals surface area contributed by atoms with E-state index >= 15 is 0 Å². The van der Waals surface area contributed by atoms with Gasteiger partial charge in [0.15, 0.2) is 0 Å². The van der Waals surface area contributed by atoms with Crippen molar-refractivity contribution in [1.29, 1.82) is 0 Å². The number of allylic oxidation sites excluding steroid dienone is 6. The normalized spacial score (nSPS) is 20.4.